The topological polar surface area (TPSA) is 50.5 Å². The molecule has 0 saturated heterocycles. The maximum absolute atomic E-state index is 10.0. The summed E-state index contributed by atoms with van der Waals surface area (Å²) in [6.45, 7) is 1.36. The molecule has 0 aliphatic carbocycles. The molecular weight excluding hydrogens is 242 g/mol. The summed E-state index contributed by atoms with van der Waals surface area (Å²) in [7, 11) is 5.52. The number of methoxy groups -OCH3 is 1. The minimum absolute atomic E-state index is 0.205. The number of ether oxygens (including phenoxy) is 1. The van der Waals surface area contributed by atoms with Crippen molar-refractivity contribution in [1.29, 1.82) is 0 Å². The Balaban J connectivity index is 2.07. The second-order valence-electron chi connectivity index (χ2n) is 4.59. The fraction of sp³-hybridized carbons (Fsp3) is 0.357. The first-order valence-corrected chi connectivity index (χ1v) is 6.11. The molecule has 2 aromatic rings. The average molecular weight is 261 g/mol. The third-order valence-corrected chi connectivity index (χ3v) is 3.08. The molecule has 0 amide bonds. The lowest BCUT2D eigenvalue weighted by Gasteiger charge is -2.17. The Morgan fingerprint density at radius 3 is 2.79 bits per heavy atom. The molecule has 0 unspecified atom stereocenters. The number of phenols is 1. The van der Waals surface area contributed by atoms with Crippen molar-refractivity contribution in [2.24, 2.45) is 7.05 Å². The highest BCUT2D eigenvalue weighted by Crippen LogP contribution is 2.30. The lowest BCUT2D eigenvalue weighted by molar-refractivity contribution is 0.298. The second kappa shape index (κ2) is 5.75. The van der Waals surface area contributed by atoms with E-state index in [1.165, 1.54) is 0 Å². The zero-order valence-electron chi connectivity index (χ0n) is 11.5. The minimum atomic E-state index is 0.205. The predicted octanol–water partition coefficient (Wildman–Crippen LogP) is 1.77. The number of nitrogens with zero attached hydrogens (tertiary/aromatic N) is 3. The van der Waals surface area contributed by atoms with Crippen LogP contribution in [0.3, 0.4) is 0 Å². The molecule has 1 heterocycles. The molecule has 19 heavy (non-hydrogen) atoms. The Morgan fingerprint density at radius 2 is 2.16 bits per heavy atom. The summed E-state index contributed by atoms with van der Waals surface area (Å²) in [5, 5.41) is 10.0. The van der Waals surface area contributed by atoms with Crippen LogP contribution in [0.5, 0.6) is 11.5 Å². The van der Waals surface area contributed by atoms with Gasteiger partial charge in [0.15, 0.2) is 11.5 Å². The van der Waals surface area contributed by atoms with Crippen molar-refractivity contribution < 1.29 is 9.84 Å². The molecule has 1 N–H and O–H groups in total. The standard InChI is InChI=1S/C14H19N3O2/c1-16(10-13-15-7-8-17(13)2)9-11-5-4-6-12(19-3)14(11)18/h4-8,18H,9-10H2,1-3H3. The molecule has 1 aromatic carbocycles. The van der Waals surface area contributed by atoms with Crippen LogP contribution in [0.1, 0.15) is 11.4 Å². The van der Waals surface area contributed by atoms with Crippen LogP contribution in [0.15, 0.2) is 30.6 Å². The number of hydrogen-bond donors (Lipinski definition) is 1. The molecule has 0 saturated carbocycles. The molecule has 0 aliphatic heterocycles. The molecule has 0 bridgehead atoms. The van der Waals surface area contributed by atoms with E-state index in [4.69, 9.17) is 4.74 Å². The number of para-hydroxylation sites is 1. The number of rotatable bonds is 5. The van der Waals surface area contributed by atoms with E-state index in [1.54, 1.807) is 19.4 Å². The highest BCUT2D eigenvalue weighted by Gasteiger charge is 2.11. The molecule has 2 rings (SSSR count). The Hall–Kier alpha value is -2.01. The van der Waals surface area contributed by atoms with Crippen LogP contribution in [0, 0.1) is 0 Å². The summed E-state index contributed by atoms with van der Waals surface area (Å²) < 4.78 is 7.10. The number of aromatic hydroxyl groups is 1. The van der Waals surface area contributed by atoms with E-state index in [0.717, 1.165) is 17.9 Å². The first kappa shape index (κ1) is 13.4. The van der Waals surface area contributed by atoms with Gasteiger partial charge in [-0.05, 0) is 13.1 Å². The first-order valence-electron chi connectivity index (χ1n) is 6.11. The van der Waals surface area contributed by atoms with Gasteiger partial charge in [0.05, 0.1) is 13.7 Å². The smallest absolute Gasteiger partial charge is 0.162 e. The van der Waals surface area contributed by atoms with Gasteiger partial charge in [-0.2, -0.15) is 0 Å². The molecule has 5 nitrogen and oxygen atoms in total. The van der Waals surface area contributed by atoms with Gasteiger partial charge < -0.3 is 14.4 Å². The zero-order valence-corrected chi connectivity index (χ0v) is 11.5. The van der Waals surface area contributed by atoms with Gasteiger partial charge in [-0.1, -0.05) is 12.1 Å². The van der Waals surface area contributed by atoms with Gasteiger partial charge >= 0.3 is 0 Å². The lowest BCUT2D eigenvalue weighted by atomic mass is 10.1. The summed E-state index contributed by atoms with van der Waals surface area (Å²) in [6, 6.07) is 5.52. The molecule has 1 aromatic heterocycles. The van der Waals surface area contributed by atoms with Crippen LogP contribution in [0.2, 0.25) is 0 Å². The van der Waals surface area contributed by atoms with Gasteiger partial charge in [0.2, 0.25) is 0 Å². The molecule has 0 radical (unpaired) electrons. The number of aromatic nitrogens is 2. The van der Waals surface area contributed by atoms with E-state index in [2.05, 4.69) is 9.88 Å². The maximum Gasteiger partial charge on any atom is 0.162 e. The molecule has 0 fully saturated rings. The minimum Gasteiger partial charge on any atom is -0.504 e. The monoisotopic (exact) mass is 261 g/mol. The number of imidazole rings is 1. The van der Waals surface area contributed by atoms with Crippen molar-refractivity contribution in [3.05, 3.63) is 42.0 Å². The summed E-state index contributed by atoms with van der Waals surface area (Å²) >= 11 is 0. The summed E-state index contributed by atoms with van der Waals surface area (Å²) in [4.78, 5) is 6.38. The normalized spacial score (nSPS) is 10.9. The highest BCUT2D eigenvalue weighted by atomic mass is 16.5. The molecule has 5 heteroatoms. The number of hydrogen-bond acceptors (Lipinski definition) is 4. The third-order valence-electron chi connectivity index (χ3n) is 3.08. The van der Waals surface area contributed by atoms with Gasteiger partial charge in [0, 0.05) is 31.5 Å². The van der Waals surface area contributed by atoms with E-state index in [9.17, 15) is 5.11 Å². The maximum atomic E-state index is 10.0. The van der Waals surface area contributed by atoms with Gasteiger partial charge in [-0.25, -0.2) is 4.98 Å². The largest absolute Gasteiger partial charge is 0.504 e. The average Bonchev–Trinajstić information content (AvgIpc) is 2.78. The summed E-state index contributed by atoms with van der Waals surface area (Å²) in [6.07, 6.45) is 3.71. The van der Waals surface area contributed by atoms with Crippen molar-refractivity contribution >= 4 is 0 Å². The van der Waals surface area contributed by atoms with E-state index < -0.39 is 0 Å². The molecule has 0 aliphatic rings. The van der Waals surface area contributed by atoms with Crippen LogP contribution in [0.25, 0.3) is 0 Å². The number of benzene rings is 1. The van der Waals surface area contributed by atoms with Crippen molar-refractivity contribution in [2.45, 2.75) is 13.1 Å². The van der Waals surface area contributed by atoms with E-state index in [0.29, 0.717) is 12.3 Å². The third kappa shape index (κ3) is 3.06. The molecule has 0 atom stereocenters. The fourth-order valence-electron chi connectivity index (χ4n) is 2.00. The molecule has 102 valence electrons. The van der Waals surface area contributed by atoms with Crippen LogP contribution >= 0.6 is 0 Å². The Bertz CT molecular complexity index is 551. The van der Waals surface area contributed by atoms with Crippen molar-refractivity contribution in [3.63, 3.8) is 0 Å². The van der Waals surface area contributed by atoms with E-state index >= 15 is 0 Å². The fourth-order valence-corrected chi connectivity index (χ4v) is 2.00. The van der Waals surface area contributed by atoms with Crippen molar-refractivity contribution in [3.8, 4) is 11.5 Å². The van der Waals surface area contributed by atoms with E-state index in [-0.39, 0.29) is 5.75 Å². The van der Waals surface area contributed by atoms with Gasteiger partial charge in [-0.3, -0.25) is 4.90 Å². The van der Waals surface area contributed by atoms with Gasteiger partial charge in [-0.15, -0.1) is 0 Å². The number of aryl methyl sites for hydroxylation is 1. The van der Waals surface area contributed by atoms with Gasteiger partial charge in [0.25, 0.3) is 0 Å². The molecular formula is C14H19N3O2. The summed E-state index contributed by atoms with van der Waals surface area (Å²) in [5.41, 5.74) is 0.844. The van der Waals surface area contributed by atoms with Crippen LogP contribution < -0.4 is 4.74 Å². The van der Waals surface area contributed by atoms with Gasteiger partial charge in [0.1, 0.15) is 5.82 Å². The first-order chi connectivity index (χ1) is 9.11. The van der Waals surface area contributed by atoms with Crippen LogP contribution in [-0.4, -0.2) is 33.7 Å². The quantitative estimate of drug-likeness (QED) is 0.891. The van der Waals surface area contributed by atoms with Crippen molar-refractivity contribution in [2.75, 3.05) is 14.2 Å². The Labute approximate surface area is 113 Å². The zero-order chi connectivity index (χ0) is 13.8. The van der Waals surface area contributed by atoms with E-state index in [1.807, 2.05) is 37.0 Å². The Kier molecular flexibility index (Phi) is 4.06. The van der Waals surface area contributed by atoms with Crippen LogP contribution in [-0.2, 0) is 20.1 Å². The second-order valence-corrected chi connectivity index (χ2v) is 4.59. The lowest BCUT2D eigenvalue weighted by Crippen LogP contribution is -2.19. The summed E-state index contributed by atoms with van der Waals surface area (Å²) in [5.74, 6) is 1.70. The van der Waals surface area contributed by atoms with Crippen LogP contribution in [0.4, 0.5) is 0 Å². The highest BCUT2D eigenvalue weighted by molar-refractivity contribution is 5.45. The number of phenolic OH excluding ortho intramolecular Hbond substituents is 1. The van der Waals surface area contributed by atoms with Crippen molar-refractivity contribution in [1.82, 2.24) is 14.5 Å². The predicted molar refractivity (Wildman–Crippen MR) is 73.0 cm³/mol. The SMILES string of the molecule is COc1cccc(CN(C)Cc2nccn2C)c1O. The Morgan fingerprint density at radius 1 is 1.37 bits per heavy atom. The molecule has 0 spiro atoms.